The summed E-state index contributed by atoms with van der Waals surface area (Å²) in [6.07, 6.45) is 3.30. The molecule has 18 heavy (non-hydrogen) atoms. The molecule has 0 radical (unpaired) electrons. The van der Waals surface area contributed by atoms with E-state index in [4.69, 9.17) is 10.1 Å². The first kappa shape index (κ1) is 12.1. The van der Waals surface area contributed by atoms with Gasteiger partial charge in [0, 0.05) is 13.2 Å². The lowest BCUT2D eigenvalue weighted by molar-refractivity contribution is 0.213. The first-order valence-electron chi connectivity index (χ1n) is 6.59. The number of benzene rings is 1. The van der Waals surface area contributed by atoms with Gasteiger partial charge in [0.05, 0.1) is 16.3 Å². The highest BCUT2D eigenvalue weighted by Crippen LogP contribution is 2.36. The molecule has 3 rings (SSSR count). The molecule has 1 aliphatic rings. The van der Waals surface area contributed by atoms with E-state index in [9.17, 15) is 0 Å². The number of hydrogen-bond acceptors (Lipinski definition) is 4. The second kappa shape index (κ2) is 5.34. The van der Waals surface area contributed by atoms with Crippen LogP contribution in [-0.4, -0.2) is 34.7 Å². The Morgan fingerprint density at radius 2 is 2.28 bits per heavy atom. The van der Waals surface area contributed by atoms with E-state index in [1.165, 1.54) is 22.5 Å². The first-order chi connectivity index (χ1) is 8.88. The number of aliphatic hydroxyl groups is 1. The van der Waals surface area contributed by atoms with Crippen molar-refractivity contribution >= 4 is 21.6 Å². The van der Waals surface area contributed by atoms with Gasteiger partial charge < -0.3 is 5.11 Å². The van der Waals surface area contributed by atoms with E-state index in [0.717, 1.165) is 25.0 Å². The zero-order chi connectivity index (χ0) is 12.4. The van der Waals surface area contributed by atoms with Crippen LogP contribution in [0.5, 0.6) is 0 Å². The van der Waals surface area contributed by atoms with Crippen molar-refractivity contribution in [3.05, 3.63) is 29.3 Å². The molecule has 1 N–H and O–H groups in total. The van der Waals surface area contributed by atoms with E-state index in [1.807, 2.05) is 17.4 Å². The van der Waals surface area contributed by atoms with Crippen molar-refractivity contribution in [2.45, 2.75) is 25.3 Å². The molecule has 0 spiro atoms. The first-order valence-corrected chi connectivity index (χ1v) is 7.40. The fraction of sp³-hybridized carbons (Fsp3) is 0.500. The number of thiazole rings is 1. The second-order valence-electron chi connectivity index (χ2n) is 4.79. The molecule has 0 amide bonds. The van der Waals surface area contributed by atoms with Gasteiger partial charge in [-0.1, -0.05) is 12.1 Å². The van der Waals surface area contributed by atoms with E-state index < -0.39 is 0 Å². The Balaban J connectivity index is 1.84. The van der Waals surface area contributed by atoms with E-state index in [1.54, 1.807) is 0 Å². The third kappa shape index (κ3) is 2.28. The smallest absolute Gasteiger partial charge is 0.111 e. The topological polar surface area (TPSA) is 36.4 Å². The van der Waals surface area contributed by atoms with E-state index in [0.29, 0.717) is 6.04 Å². The Hall–Kier alpha value is -0.970. The van der Waals surface area contributed by atoms with Crippen LogP contribution < -0.4 is 0 Å². The summed E-state index contributed by atoms with van der Waals surface area (Å²) >= 11 is 1.82. The number of aliphatic hydroxyl groups excluding tert-OH is 1. The van der Waals surface area contributed by atoms with Crippen LogP contribution in [0.1, 0.15) is 30.3 Å². The van der Waals surface area contributed by atoms with Gasteiger partial charge in [0.25, 0.3) is 0 Å². The number of nitrogens with zero attached hydrogens (tertiary/aromatic N) is 2. The minimum Gasteiger partial charge on any atom is -0.396 e. The van der Waals surface area contributed by atoms with Gasteiger partial charge in [0.15, 0.2) is 0 Å². The molecule has 3 nitrogen and oxygen atoms in total. The highest BCUT2D eigenvalue weighted by Gasteiger charge is 2.27. The molecule has 0 saturated carbocycles. The molecule has 1 saturated heterocycles. The summed E-state index contributed by atoms with van der Waals surface area (Å²) in [5.74, 6) is 0. The van der Waals surface area contributed by atoms with Gasteiger partial charge in [-0.05, 0) is 37.9 Å². The zero-order valence-electron chi connectivity index (χ0n) is 10.4. The van der Waals surface area contributed by atoms with Gasteiger partial charge in [0.2, 0.25) is 0 Å². The molecule has 1 atom stereocenters. The molecule has 1 aromatic heterocycles. The number of rotatable bonds is 4. The molecule has 1 unspecified atom stereocenters. The molecule has 0 bridgehead atoms. The van der Waals surface area contributed by atoms with Gasteiger partial charge in [-0.15, -0.1) is 11.3 Å². The maximum atomic E-state index is 8.96. The van der Waals surface area contributed by atoms with Crippen molar-refractivity contribution in [1.82, 2.24) is 9.88 Å². The Kier molecular flexibility index (Phi) is 3.59. The van der Waals surface area contributed by atoms with Crippen LogP contribution >= 0.6 is 11.3 Å². The lowest BCUT2D eigenvalue weighted by Crippen LogP contribution is -2.24. The SMILES string of the molecule is OCCCN1CCCC1c1nc2ccccc2s1. The van der Waals surface area contributed by atoms with Crippen molar-refractivity contribution in [3.63, 3.8) is 0 Å². The van der Waals surface area contributed by atoms with E-state index in [-0.39, 0.29) is 6.61 Å². The van der Waals surface area contributed by atoms with Gasteiger partial charge in [-0.2, -0.15) is 0 Å². The third-order valence-corrected chi connectivity index (χ3v) is 4.70. The van der Waals surface area contributed by atoms with Gasteiger partial charge in [-0.3, -0.25) is 4.90 Å². The lowest BCUT2D eigenvalue weighted by Gasteiger charge is -2.21. The Labute approximate surface area is 111 Å². The minimum atomic E-state index is 0.281. The monoisotopic (exact) mass is 262 g/mol. The van der Waals surface area contributed by atoms with Crippen molar-refractivity contribution < 1.29 is 5.11 Å². The maximum absolute atomic E-state index is 8.96. The van der Waals surface area contributed by atoms with Crippen molar-refractivity contribution in [1.29, 1.82) is 0 Å². The summed E-state index contributed by atoms with van der Waals surface area (Å²) in [6, 6.07) is 8.81. The molecule has 1 fully saturated rings. The molecular formula is C14H18N2OS. The predicted molar refractivity (Wildman–Crippen MR) is 74.9 cm³/mol. The number of hydrogen-bond donors (Lipinski definition) is 1. The zero-order valence-corrected chi connectivity index (χ0v) is 11.2. The average molecular weight is 262 g/mol. The normalized spacial score (nSPS) is 20.8. The highest BCUT2D eigenvalue weighted by atomic mass is 32.1. The molecule has 0 aliphatic carbocycles. The van der Waals surface area contributed by atoms with Crippen LogP contribution in [0.4, 0.5) is 0 Å². The van der Waals surface area contributed by atoms with Crippen molar-refractivity contribution in [2.75, 3.05) is 19.7 Å². The summed E-state index contributed by atoms with van der Waals surface area (Å²) in [6.45, 7) is 2.40. The Bertz CT molecular complexity index is 492. The van der Waals surface area contributed by atoms with Crippen molar-refractivity contribution in [3.8, 4) is 0 Å². The highest BCUT2D eigenvalue weighted by molar-refractivity contribution is 7.18. The fourth-order valence-corrected chi connectivity index (χ4v) is 3.82. The Morgan fingerprint density at radius 1 is 1.39 bits per heavy atom. The minimum absolute atomic E-state index is 0.281. The van der Waals surface area contributed by atoms with Gasteiger partial charge in [-0.25, -0.2) is 4.98 Å². The summed E-state index contributed by atoms with van der Waals surface area (Å²) in [4.78, 5) is 7.23. The molecule has 2 aromatic rings. The maximum Gasteiger partial charge on any atom is 0.111 e. The number of aromatic nitrogens is 1. The molecule has 4 heteroatoms. The number of likely N-dealkylation sites (tertiary alicyclic amines) is 1. The molecular weight excluding hydrogens is 244 g/mol. The van der Waals surface area contributed by atoms with Crippen LogP contribution in [-0.2, 0) is 0 Å². The predicted octanol–water partition coefficient (Wildman–Crippen LogP) is 2.82. The molecule has 1 aliphatic heterocycles. The summed E-state index contributed by atoms with van der Waals surface area (Å²) in [5.41, 5.74) is 1.12. The van der Waals surface area contributed by atoms with E-state index in [2.05, 4.69) is 23.1 Å². The summed E-state index contributed by atoms with van der Waals surface area (Å²) in [5, 5.41) is 10.2. The summed E-state index contributed by atoms with van der Waals surface area (Å²) in [7, 11) is 0. The summed E-state index contributed by atoms with van der Waals surface area (Å²) < 4.78 is 1.28. The number of fused-ring (bicyclic) bond motifs is 1. The van der Waals surface area contributed by atoms with Crippen molar-refractivity contribution in [2.24, 2.45) is 0 Å². The fourth-order valence-electron chi connectivity index (χ4n) is 2.68. The molecule has 2 heterocycles. The van der Waals surface area contributed by atoms with E-state index >= 15 is 0 Å². The number of para-hydroxylation sites is 1. The molecule has 96 valence electrons. The third-order valence-electron chi connectivity index (χ3n) is 3.56. The quantitative estimate of drug-likeness (QED) is 0.920. The van der Waals surface area contributed by atoms with Crippen LogP contribution in [0.3, 0.4) is 0 Å². The van der Waals surface area contributed by atoms with Crippen LogP contribution in [0.15, 0.2) is 24.3 Å². The second-order valence-corrected chi connectivity index (χ2v) is 5.85. The van der Waals surface area contributed by atoms with Crippen LogP contribution in [0, 0.1) is 0 Å². The molecule has 1 aromatic carbocycles. The van der Waals surface area contributed by atoms with Crippen LogP contribution in [0.25, 0.3) is 10.2 Å². The van der Waals surface area contributed by atoms with Crippen LogP contribution in [0.2, 0.25) is 0 Å². The largest absolute Gasteiger partial charge is 0.396 e. The Morgan fingerprint density at radius 3 is 3.11 bits per heavy atom. The van der Waals surface area contributed by atoms with Gasteiger partial charge in [0.1, 0.15) is 5.01 Å². The van der Waals surface area contributed by atoms with Gasteiger partial charge >= 0.3 is 0 Å². The standard InChI is InChI=1S/C14H18N2OS/c17-10-4-9-16-8-3-6-12(16)14-15-11-5-1-2-7-13(11)18-14/h1-2,5,7,12,17H,3-4,6,8-10H2. The average Bonchev–Trinajstić information content (AvgIpc) is 3.01. The lowest BCUT2D eigenvalue weighted by atomic mass is 10.2.